The van der Waals surface area contributed by atoms with Gasteiger partial charge in [-0.15, -0.1) is 0 Å². The zero-order chi connectivity index (χ0) is 14.9. The average molecular weight is 299 g/mol. The van der Waals surface area contributed by atoms with Gasteiger partial charge in [0, 0.05) is 18.5 Å². The second kappa shape index (κ2) is 5.86. The average Bonchev–Trinajstić information content (AvgIpc) is 3.27. The van der Waals surface area contributed by atoms with Crippen molar-refractivity contribution in [1.82, 2.24) is 19.5 Å². The molecule has 2 aromatic heterocycles. The van der Waals surface area contributed by atoms with E-state index in [2.05, 4.69) is 26.8 Å². The van der Waals surface area contributed by atoms with Crippen molar-refractivity contribution < 1.29 is 0 Å². The van der Waals surface area contributed by atoms with Crippen molar-refractivity contribution >= 4 is 17.0 Å². The van der Waals surface area contributed by atoms with E-state index in [1.54, 1.807) is 6.33 Å². The molecule has 2 aliphatic rings. The van der Waals surface area contributed by atoms with E-state index in [9.17, 15) is 0 Å². The van der Waals surface area contributed by atoms with E-state index in [4.69, 9.17) is 4.98 Å². The Labute approximate surface area is 131 Å². The first-order chi connectivity index (χ1) is 10.9. The summed E-state index contributed by atoms with van der Waals surface area (Å²) in [7, 11) is 0. The van der Waals surface area contributed by atoms with Gasteiger partial charge in [-0.3, -0.25) is 0 Å². The maximum absolute atomic E-state index is 4.98. The minimum absolute atomic E-state index is 0.555. The van der Waals surface area contributed by atoms with Gasteiger partial charge in [0.05, 0.1) is 0 Å². The molecule has 2 heterocycles. The van der Waals surface area contributed by atoms with E-state index >= 15 is 0 Å². The molecule has 0 aromatic carbocycles. The van der Waals surface area contributed by atoms with Gasteiger partial charge in [0.15, 0.2) is 17.0 Å². The first kappa shape index (κ1) is 14.0. The van der Waals surface area contributed by atoms with Crippen LogP contribution in [0.25, 0.3) is 11.2 Å². The zero-order valence-electron chi connectivity index (χ0n) is 13.4. The van der Waals surface area contributed by atoms with Gasteiger partial charge in [-0.1, -0.05) is 25.7 Å². The summed E-state index contributed by atoms with van der Waals surface area (Å²) in [6.45, 7) is 3.12. The summed E-state index contributed by atoms with van der Waals surface area (Å²) in [5, 5.41) is 3.61. The monoisotopic (exact) mass is 299 g/mol. The molecule has 0 spiro atoms. The Morgan fingerprint density at radius 3 is 2.55 bits per heavy atom. The molecule has 0 bridgehead atoms. The Morgan fingerprint density at radius 1 is 1.09 bits per heavy atom. The van der Waals surface area contributed by atoms with Crippen molar-refractivity contribution in [2.45, 2.75) is 76.8 Å². The fourth-order valence-corrected chi connectivity index (χ4v) is 4.13. The molecule has 118 valence electrons. The first-order valence-corrected chi connectivity index (χ1v) is 8.84. The van der Waals surface area contributed by atoms with Crippen LogP contribution in [0.2, 0.25) is 0 Å². The molecule has 0 aliphatic heterocycles. The highest BCUT2D eigenvalue weighted by molar-refractivity contribution is 5.83. The van der Waals surface area contributed by atoms with E-state index in [1.165, 1.54) is 57.2 Å². The maximum Gasteiger partial charge on any atom is 0.165 e. The largest absolute Gasteiger partial charge is 0.365 e. The van der Waals surface area contributed by atoms with Gasteiger partial charge in [0.1, 0.15) is 12.2 Å². The van der Waals surface area contributed by atoms with Crippen molar-refractivity contribution in [3.8, 4) is 0 Å². The molecule has 2 fully saturated rings. The lowest BCUT2D eigenvalue weighted by atomic mass is 10.1. The molecule has 1 N–H and O–H groups in total. The lowest BCUT2D eigenvalue weighted by molar-refractivity contribution is 0.607. The fourth-order valence-electron chi connectivity index (χ4n) is 4.13. The summed E-state index contributed by atoms with van der Waals surface area (Å²) < 4.78 is 2.30. The summed E-state index contributed by atoms with van der Waals surface area (Å²) in [5.74, 6) is 2.77. The van der Waals surface area contributed by atoms with Gasteiger partial charge in [-0.25, -0.2) is 15.0 Å². The minimum Gasteiger partial charge on any atom is -0.365 e. The highest BCUT2D eigenvalue weighted by atomic mass is 15.2. The number of imidazole rings is 1. The number of aryl methyl sites for hydroxylation is 1. The Morgan fingerprint density at radius 2 is 1.82 bits per heavy atom. The van der Waals surface area contributed by atoms with Crippen LogP contribution in [0.1, 0.15) is 70.0 Å². The quantitative estimate of drug-likeness (QED) is 0.931. The van der Waals surface area contributed by atoms with Crippen LogP contribution in [0.3, 0.4) is 0 Å². The normalized spacial score (nSPS) is 20.2. The molecule has 0 amide bonds. The highest BCUT2D eigenvalue weighted by Gasteiger charge is 2.25. The van der Waals surface area contributed by atoms with Gasteiger partial charge in [0.25, 0.3) is 0 Å². The van der Waals surface area contributed by atoms with E-state index in [1.807, 2.05) is 0 Å². The highest BCUT2D eigenvalue weighted by Crippen LogP contribution is 2.36. The fraction of sp³-hybridized carbons (Fsp3) is 0.706. The third-order valence-corrected chi connectivity index (χ3v) is 5.29. The van der Waals surface area contributed by atoms with Crippen molar-refractivity contribution in [3.05, 3.63) is 12.2 Å². The van der Waals surface area contributed by atoms with E-state index in [-0.39, 0.29) is 0 Å². The van der Waals surface area contributed by atoms with Crippen molar-refractivity contribution in [1.29, 1.82) is 0 Å². The van der Waals surface area contributed by atoms with Crippen LogP contribution in [0.4, 0.5) is 5.82 Å². The number of hydrogen-bond acceptors (Lipinski definition) is 4. The van der Waals surface area contributed by atoms with Gasteiger partial charge < -0.3 is 9.88 Å². The molecule has 0 saturated heterocycles. The van der Waals surface area contributed by atoms with Crippen LogP contribution in [0.15, 0.2) is 6.33 Å². The number of fused-ring (bicyclic) bond motifs is 1. The van der Waals surface area contributed by atoms with Crippen LogP contribution >= 0.6 is 0 Å². The molecule has 0 unspecified atom stereocenters. The Kier molecular flexibility index (Phi) is 3.72. The number of nitrogens with zero attached hydrogens (tertiary/aromatic N) is 4. The van der Waals surface area contributed by atoms with Crippen molar-refractivity contribution in [3.63, 3.8) is 0 Å². The molecule has 0 radical (unpaired) electrons. The van der Waals surface area contributed by atoms with E-state index in [0.29, 0.717) is 12.0 Å². The molecule has 0 atom stereocenters. The molecule has 2 saturated carbocycles. The minimum atomic E-state index is 0.555. The first-order valence-electron chi connectivity index (χ1n) is 8.84. The third-order valence-electron chi connectivity index (χ3n) is 5.29. The summed E-state index contributed by atoms with van der Waals surface area (Å²) >= 11 is 0. The number of anilines is 1. The Hall–Kier alpha value is -1.65. The molecule has 5 heteroatoms. The molecular formula is C17H25N5. The van der Waals surface area contributed by atoms with Gasteiger partial charge in [-0.05, 0) is 32.6 Å². The molecule has 2 aliphatic carbocycles. The van der Waals surface area contributed by atoms with Crippen LogP contribution in [-0.4, -0.2) is 25.6 Å². The van der Waals surface area contributed by atoms with E-state index in [0.717, 1.165) is 23.5 Å². The van der Waals surface area contributed by atoms with Crippen molar-refractivity contribution in [2.75, 3.05) is 5.32 Å². The van der Waals surface area contributed by atoms with E-state index < -0.39 is 0 Å². The topological polar surface area (TPSA) is 55.6 Å². The Bertz CT molecular complexity index is 650. The zero-order valence-corrected chi connectivity index (χ0v) is 13.4. The number of hydrogen-bond donors (Lipinski definition) is 1. The van der Waals surface area contributed by atoms with Crippen LogP contribution in [-0.2, 0) is 6.54 Å². The maximum atomic E-state index is 4.98. The lowest BCUT2D eigenvalue weighted by Gasteiger charge is -2.12. The SMILES string of the molecule is CCn1c(C2CCCC2)nc2c(NC3CCCC3)ncnc21. The lowest BCUT2D eigenvalue weighted by Crippen LogP contribution is -2.16. The number of nitrogens with one attached hydrogen (secondary N) is 1. The summed E-state index contributed by atoms with van der Waals surface area (Å²) in [6.07, 6.45) is 12.0. The van der Waals surface area contributed by atoms with Gasteiger partial charge >= 0.3 is 0 Å². The smallest absolute Gasteiger partial charge is 0.165 e. The molecule has 5 nitrogen and oxygen atoms in total. The summed E-state index contributed by atoms with van der Waals surface area (Å²) in [5.41, 5.74) is 1.97. The molecule has 2 aromatic rings. The van der Waals surface area contributed by atoms with Crippen LogP contribution in [0.5, 0.6) is 0 Å². The van der Waals surface area contributed by atoms with Crippen molar-refractivity contribution in [2.24, 2.45) is 0 Å². The predicted molar refractivity (Wildman–Crippen MR) is 88.1 cm³/mol. The number of aromatic nitrogens is 4. The summed E-state index contributed by atoms with van der Waals surface area (Å²) in [4.78, 5) is 14.0. The molecule has 22 heavy (non-hydrogen) atoms. The Balaban J connectivity index is 1.74. The molecular weight excluding hydrogens is 274 g/mol. The van der Waals surface area contributed by atoms with Crippen LogP contribution < -0.4 is 5.32 Å². The van der Waals surface area contributed by atoms with Crippen LogP contribution in [0, 0.1) is 0 Å². The predicted octanol–water partition coefficient (Wildman–Crippen LogP) is 3.86. The standard InChI is InChI=1S/C17H25N5/c1-2-22-16(12-7-3-4-8-12)21-14-15(18-11-19-17(14)22)20-13-9-5-6-10-13/h11-13H,2-10H2,1H3,(H,18,19,20). The molecule has 4 rings (SSSR count). The van der Waals surface area contributed by atoms with Gasteiger partial charge in [-0.2, -0.15) is 0 Å². The van der Waals surface area contributed by atoms with Gasteiger partial charge in [0.2, 0.25) is 0 Å². The number of rotatable bonds is 4. The third kappa shape index (κ3) is 2.36. The second-order valence-corrected chi connectivity index (χ2v) is 6.72. The summed E-state index contributed by atoms with van der Waals surface area (Å²) in [6, 6.07) is 0.555. The second-order valence-electron chi connectivity index (χ2n) is 6.72.